The van der Waals surface area contributed by atoms with E-state index in [1.807, 2.05) is 24.3 Å². The fourth-order valence-corrected chi connectivity index (χ4v) is 3.69. The number of rotatable bonds is 5. The van der Waals surface area contributed by atoms with Crippen molar-refractivity contribution < 1.29 is 13.9 Å². The highest BCUT2D eigenvalue weighted by Crippen LogP contribution is 2.32. The number of halogens is 1. The molecule has 4 rings (SSSR count). The molecule has 0 aliphatic carbocycles. The van der Waals surface area contributed by atoms with Gasteiger partial charge in [0.2, 0.25) is 0 Å². The number of piperidine rings is 1. The summed E-state index contributed by atoms with van der Waals surface area (Å²) in [4.78, 5) is 12.1. The Morgan fingerprint density at radius 1 is 1.25 bits per heavy atom. The topological polar surface area (TPSA) is 62.4 Å². The third-order valence-electron chi connectivity index (χ3n) is 5.32. The zero-order valence-electron chi connectivity index (χ0n) is 15.8. The van der Waals surface area contributed by atoms with Crippen LogP contribution < -0.4 is 20.7 Å². The summed E-state index contributed by atoms with van der Waals surface area (Å²) in [5.41, 5.74) is 2.51. The van der Waals surface area contributed by atoms with E-state index in [1.54, 1.807) is 12.3 Å². The Morgan fingerprint density at radius 2 is 2.07 bits per heavy atom. The molecule has 1 saturated heterocycles. The third-order valence-corrected chi connectivity index (χ3v) is 5.32. The molecule has 28 heavy (non-hydrogen) atoms. The fourth-order valence-electron chi connectivity index (χ4n) is 3.69. The van der Waals surface area contributed by atoms with Crippen molar-refractivity contribution in [1.82, 2.24) is 5.32 Å². The SMILES string of the molecule is CC(Oc1ccc(NC=C2C(=O)Nc3cc(F)ccc32)cc1)C1CCCNC1. The summed E-state index contributed by atoms with van der Waals surface area (Å²) in [7, 11) is 0. The molecule has 2 atom stereocenters. The molecule has 146 valence electrons. The summed E-state index contributed by atoms with van der Waals surface area (Å²) < 4.78 is 19.4. The van der Waals surface area contributed by atoms with Crippen molar-refractivity contribution in [3.05, 3.63) is 60.0 Å². The van der Waals surface area contributed by atoms with Crippen molar-refractivity contribution >= 4 is 22.9 Å². The van der Waals surface area contributed by atoms with Gasteiger partial charge in [-0.25, -0.2) is 4.39 Å². The number of anilines is 2. The van der Waals surface area contributed by atoms with Gasteiger partial charge in [-0.2, -0.15) is 0 Å². The molecule has 2 aromatic rings. The first-order chi connectivity index (χ1) is 13.6. The summed E-state index contributed by atoms with van der Waals surface area (Å²) in [5, 5.41) is 9.23. The minimum atomic E-state index is -0.373. The number of nitrogens with one attached hydrogen (secondary N) is 3. The van der Waals surface area contributed by atoms with Crippen molar-refractivity contribution in [3.8, 4) is 5.75 Å². The fraction of sp³-hybridized carbons (Fsp3) is 0.318. The van der Waals surface area contributed by atoms with Crippen LogP contribution in [0.15, 0.2) is 48.7 Å². The minimum Gasteiger partial charge on any atom is -0.490 e. The van der Waals surface area contributed by atoms with E-state index in [9.17, 15) is 9.18 Å². The van der Waals surface area contributed by atoms with Crippen LogP contribution in [-0.4, -0.2) is 25.1 Å². The summed E-state index contributed by atoms with van der Waals surface area (Å²) in [6.07, 6.45) is 4.19. The summed E-state index contributed by atoms with van der Waals surface area (Å²) in [5.74, 6) is 0.739. The average Bonchev–Trinajstić information content (AvgIpc) is 3.02. The van der Waals surface area contributed by atoms with E-state index in [2.05, 4.69) is 22.9 Å². The molecule has 2 aromatic carbocycles. The van der Waals surface area contributed by atoms with E-state index in [-0.39, 0.29) is 17.8 Å². The van der Waals surface area contributed by atoms with Gasteiger partial charge in [-0.1, -0.05) is 0 Å². The Hall–Kier alpha value is -2.86. The maximum absolute atomic E-state index is 13.3. The first kappa shape index (κ1) is 18.5. The lowest BCUT2D eigenvalue weighted by Gasteiger charge is -2.28. The van der Waals surface area contributed by atoms with Crippen molar-refractivity contribution in [2.24, 2.45) is 5.92 Å². The number of amides is 1. The van der Waals surface area contributed by atoms with Crippen LogP contribution in [0.1, 0.15) is 25.3 Å². The quantitative estimate of drug-likeness (QED) is 0.685. The lowest BCUT2D eigenvalue weighted by Crippen LogP contribution is -2.37. The highest BCUT2D eigenvalue weighted by Gasteiger charge is 2.24. The lowest BCUT2D eigenvalue weighted by molar-refractivity contribution is -0.110. The molecule has 0 saturated carbocycles. The van der Waals surface area contributed by atoms with Crippen LogP contribution in [0.4, 0.5) is 15.8 Å². The summed E-state index contributed by atoms with van der Waals surface area (Å²) in [6.45, 7) is 4.21. The molecular weight excluding hydrogens is 357 g/mol. The van der Waals surface area contributed by atoms with Crippen LogP contribution in [0, 0.1) is 11.7 Å². The Kier molecular flexibility index (Phi) is 5.30. The second-order valence-corrected chi connectivity index (χ2v) is 7.30. The molecule has 1 fully saturated rings. The smallest absolute Gasteiger partial charge is 0.257 e. The molecule has 0 spiro atoms. The number of carbonyl (C=O) groups is 1. The highest BCUT2D eigenvalue weighted by molar-refractivity contribution is 6.31. The first-order valence-electron chi connectivity index (χ1n) is 9.65. The zero-order chi connectivity index (χ0) is 19.5. The first-order valence-corrected chi connectivity index (χ1v) is 9.65. The molecule has 1 amide bonds. The van der Waals surface area contributed by atoms with Gasteiger partial charge in [-0.05, 0) is 68.8 Å². The number of fused-ring (bicyclic) bond motifs is 1. The maximum Gasteiger partial charge on any atom is 0.257 e. The lowest BCUT2D eigenvalue weighted by atomic mass is 9.95. The molecule has 6 heteroatoms. The molecule has 2 heterocycles. The second kappa shape index (κ2) is 8.02. The molecule has 5 nitrogen and oxygen atoms in total. The van der Waals surface area contributed by atoms with Gasteiger partial charge in [0.05, 0.1) is 17.4 Å². The van der Waals surface area contributed by atoms with Crippen LogP contribution in [0.2, 0.25) is 0 Å². The van der Waals surface area contributed by atoms with E-state index in [4.69, 9.17) is 4.74 Å². The molecular formula is C22H24FN3O2. The van der Waals surface area contributed by atoms with Crippen LogP contribution in [-0.2, 0) is 4.79 Å². The van der Waals surface area contributed by atoms with E-state index in [0.29, 0.717) is 22.7 Å². The monoisotopic (exact) mass is 381 g/mol. The van der Waals surface area contributed by atoms with Crippen molar-refractivity contribution in [3.63, 3.8) is 0 Å². The van der Waals surface area contributed by atoms with Crippen LogP contribution in [0.25, 0.3) is 5.57 Å². The van der Waals surface area contributed by atoms with Gasteiger partial charge in [0.1, 0.15) is 11.6 Å². The zero-order valence-corrected chi connectivity index (χ0v) is 15.8. The van der Waals surface area contributed by atoms with Gasteiger partial charge in [-0.15, -0.1) is 0 Å². The average molecular weight is 381 g/mol. The molecule has 0 radical (unpaired) electrons. The van der Waals surface area contributed by atoms with Crippen molar-refractivity contribution in [1.29, 1.82) is 0 Å². The predicted molar refractivity (Wildman–Crippen MR) is 109 cm³/mol. The van der Waals surface area contributed by atoms with Crippen LogP contribution in [0.3, 0.4) is 0 Å². The van der Waals surface area contributed by atoms with Gasteiger partial charge in [0.25, 0.3) is 5.91 Å². The van der Waals surface area contributed by atoms with Crippen molar-refractivity contribution in [2.75, 3.05) is 23.7 Å². The molecule has 2 aliphatic heterocycles. The Bertz CT molecular complexity index is 889. The summed E-state index contributed by atoms with van der Waals surface area (Å²) >= 11 is 0. The molecule has 0 bridgehead atoms. The van der Waals surface area contributed by atoms with Crippen molar-refractivity contribution in [2.45, 2.75) is 25.9 Å². The van der Waals surface area contributed by atoms with Gasteiger partial charge in [-0.3, -0.25) is 4.79 Å². The molecule has 2 unspecified atom stereocenters. The van der Waals surface area contributed by atoms with E-state index in [1.165, 1.54) is 25.0 Å². The second-order valence-electron chi connectivity index (χ2n) is 7.30. The third kappa shape index (κ3) is 4.02. The van der Waals surface area contributed by atoms with Crippen LogP contribution >= 0.6 is 0 Å². The highest BCUT2D eigenvalue weighted by atomic mass is 19.1. The normalized spacial score (nSPS) is 21.1. The number of hydrogen-bond acceptors (Lipinski definition) is 4. The van der Waals surface area contributed by atoms with E-state index < -0.39 is 0 Å². The Balaban J connectivity index is 1.40. The van der Waals surface area contributed by atoms with Gasteiger partial charge < -0.3 is 20.7 Å². The maximum atomic E-state index is 13.3. The number of ether oxygens (including phenoxy) is 1. The number of carbonyl (C=O) groups excluding carboxylic acids is 1. The van der Waals surface area contributed by atoms with Crippen LogP contribution in [0.5, 0.6) is 5.75 Å². The molecule has 3 N–H and O–H groups in total. The number of hydrogen-bond donors (Lipinski definition) is 3. The molecule has 2 aliphatic rings. The predicted octanol–water partition coefficient (Wildman–Crippen LogP) is 4.00. The minimum absolute atomic E-state index is 0.160. The molecule has 0 aromatic heterocycles. The largest absolute Gasteiger partial charge is 0.490 e. The number of benzene rings is 2. The standard InChI is InChI=1S/C22H24FN3O2/c1-14(15-3-2-10-24-12-15)28-18-7-5-17(6-8-18)25-13-20-19-9-4-16(23)11-21(19)26-22(20)27/h4-9,11,13-15,24-25H,2-3,10,12H2,1H3,(H,26,27). The Morgan fingerprint density at radius 3 is 2.82 bits per heavy atom. The Labute approximate surface area is 164 Å². The van der Waals surface area contributed by atoms with Gasteiger partial charge in [0.15, 0.2) is 0 Å². The van der Waals surface area contributed by atoms with E-state index in [0.717, 1.165) is 24.5 Å². The van der Waals surface area contributed by atoms with E-state index >= 15 is 0 Å². The van der Waals surface area contributed by atoms with Gasteiger partial charge in [0, 0.05) is 29.9 Å². The summed E-state index contributed by atoms with van der Waals surface area (Å²) in [6, 6.07) is 11.9. The van der Waals surface area contributed by atoms with Gasteiger partial charge >= 0.3 is 0 Å².